The van der Waals surface area contributed by atoms with E-state index < -0.39 is 16.1 Å². The Labute approximate surface area is 149 Å². The van der Waals surface area contributed by atoms with Crippen LogP contribution in [0.1, 0.15) is 26.3 Å². The summed E-state index contributed by atoms with van der Waals surface area (Å²) in [4.78, 5) is 12.9. The van der Waals surface area contributed by atoms with Crippen LogP contribution < -0.4 is 5.43 Å². The summed E-state index contributed by atoms with van der Waals surface area (Å²) in [5.41, 5.74) is 1.41. The maximum Gasteiger partial charge on any atom is 0.202 e. The van der Waals surface area contributed by atoms with Crippen LogP contribution in [0.3, 0.4) is 0 Å². The second-order valence-electron chi connectivity index (χ2n) is 6.63. The van der Waals surface area contributed by atoms with Crippen LogP contribution in [-0.4, -0.2) is 15.5 Å². The summed E-state index contributed by atoms with van der Waals surface area (Å²) in [6, 6.07) is 16.5. The average Bonchev–Trinajstić information content (AvgIpc) is 2.60. The first-order valence-corrected chi connectivity index (χ1v) is 9.06. The smallest absolute Gasteiger partial charge is 0.202 e. The van der Waals surface area contributed by atoms with Crippen molar-refractivity contribution < 1.29 is 8.97 Å². The van der Waals surface area contributed by atoms with Gasteiger partial charge in [-0.1, -0.05) is 46.9 Å². The van der Waals surface area contributed by atoms with Crippen LogP contribution in [-0.2, 0) is 11.4 Å². The molecule has 0 aliphatic rings. The van der Waals surface area contributed by atoms with Crippen molar-refractivity contribution in [1.82, 2.24) is 0 Å². The minimum Gasteiger partial charge on any atom is -0.591 e. The molecule has 128 valence electrons. The van der Waals surface area contributed by atoms with Gasteiger partial charge in [-0.15, -0.1) is 0 Å². The molecule has 25 heavy (non-hydrogen) atoms. The number of hydrogen-bond acceptors (Lipinski definition) is 4. The Morgan fingerprint density at radius 1 is 1.04 bits per heavy atom. The molecule has 0 amide bonds. The monoisotopic (exact) mass is 353 g/mol. The Hall–Kier alpha value is -2.37. The fourth-order valence-electron chi connectivity index (χ4n) is 2.34. The Bertz CT molecular complexity index is 972. The molecule has 0 radical (unpaired) electrons. The van der Waals surface area contributed by atoms with Crippen molar-refractivity contribution in [3.05, 3.63) is 70.4 Å². The molecule has 1 unspecified atom stereocenters. The number of hydrogen-bond donors (Lipinski definition) is 0. The highest BCUT2D eigenvalue weighted by molar-refractivity contribution is 7.91. The van der Waals surface area contributed by atoms with Crippen LogP contribution in [0.5, 0.6) is 0 Å². The van der Waals surface area contributed by atoms with Gasteiger partial charge in [0.25, 0.3) is 0 Å². The van der Waals surface area contributed by atoms with Crippen LogP contribution >= 0.6 is 0 Å². The Kier molecular flexibility index (Phi) is 4.79. The number of nitrogens with zero attached hydrogens (tertiary/aromatic N) is 1. The second kappa shape index (κ2) is 6.86. The Morgan fingerprint density at radius 2 is 1.68 bits per heavy atom. The molecular formula is C20H19NO3S. The lowest BCUT2D eigenvalue weighted by Gasteiger charge is -2.17. The summed E-state index contributed by atoms with van der Waals surface area (Å²) in [7, 11) is 0. The van der Waals surface area contributed by atoms with Gasteiger partial charge in [0.05, 0.1) is 17.2 Å². The van der Waals surface area contributed by atoms with Gasteiger partial charge in [-0.05, 0) is 32.9 Å². The Balaban J connectivity index is 2.23. The molecule has 2 aromatic carbocycles. The fraction of sp³-hybridized carbons (Fsp3) is 0.200. The topological polar surface area (TPSA) is 65.6 Å². The van der Waals surface area contributed by atoms with E-state index in [1.54, 1.807) is 18.2 Å². The van der Waals surface area contributed by atoms with Crippen molar-refractivity contribution in [1.29, 1.82) is 0 Å². The van der Waals surface area contributed by atoms with Crippen LogP contribution in [0.2, 0.25) is 0 Å². The number of fused-ring (bicyclic) bond motifs is 1. The average molecular weight is 353 g/mol. The highest BCUT2D eigenvalue weighted by Crippen LogP contribution is 2.25. The summed E-state index contributed by atoms with van der Waals surface area (Å²) in [6.07, 6.45) is 1.38. The third-order valence-corrected chi connectivity index (χ3v) is 5.01. The van der Waals surface area contributed by atoms with E-state index in [1.807, 2.05) is 57.2 Å². The summed E-state index contributed by atoms with van der Waals surface area (Å²) in [6.45, 7) is 5.50. The molecule has 0 bridgehead atoms. The maximum atomic E-state index is 12.9. The summed E-state index contributed by atoms with van der Waals surface area (Å²) in [5.74, 6) is 0.430. The highest BCUT2D eigenvalue weighted by atomic mass is 32.2. The third-order valence-electron chi connectivity index (χ3n) is 3.67. The standard InChI is InChI=1S/C20H19NO3S/c1-20(2,3)25(23)21-13-16-18(22)15-11-7-8-12-17(15)24-19(16)14-9-5-4-6-10-14/h4-13H,1-3H3. The zero-order valence-electron chi connectivity index (χ0n) is 14.4. The van der Waals surface area contributed by atoms with Gasteiger partial charge in [0.15, 0.2) is 0 Å². The van der Waals surface area contributed by atoms with Gasteiger partial charge in [0.1, 0.15) is 27.5 Å². The van der Waals surface area contributed by atoms with Gasteiger partial charge in [0, 0.05) is 5.56 Å². The third kappa shape index (κ3) is 3.67. The van der Waals surface area contributed by atoms with Crippen LogP contribution in [0.4, 0.5) is 0 Å². The molecule has 1 aromatic heterocycles. The number of para-hydroxylation sites is 1. The van der Waals surface area contributed by atoms with Gasteiger partial charge in [-0.25, -0.2) is 0 Å². The molecule has 1 heterocycles. The van der Waals surface area contributed by atoms with Crippen LogP contribution in [0, 0.1) is 0 Å². The normalized spacial score (nSPS) is 13.4. The first-order valence-electron chi connectivity index (χ1n) is 7.95. The number of rotatable bonds is 3. The Morgan fingerprint density at radius 3 is 2.36 bits per heavy atom. The van der Waals surface area contributed by atoms with E-state index >= 15 is 0 Å². The van der Waals surface area contributed by atoms with E-state index in [4.69, 9.17) is 4.42 Å². The zero-order valence-corrected chi connectivity index (χ0v) is 15.2. The molecule has 3 aromatic rings. The summed E-state index contributed by atoms with van der Waals surface area (Å²) >= 11 is -1.46. The van der Waals surface area contributed by atoms with Crippen molar-refractivity contribution in [3.8, 4) is 11.3 Å². The quantitative estimate of drug-likeness (QED) is 0.519. The van der Waals surface area contributed by atoms with E-state index in [0.29, 0.717) is 22.3 Å². The van der Waals surface area contributed by atoms with E-state index in [2.05, 4.69) is 4.40 Å². The molecule has 0 saturated carbocycles. The predicted octanol–water partition coefficient (Wildman–Crippen LogP) is 4.34. The molecule has 0 aliphatic heterocycles. The van der Waals surface area contributed by atoms with Gasteiger partial charge >= 0.3 is 0 Å². The summed E-state index contributed by atoms with van der Waals surface area (Å²) < 4.78 is 21.8. The number of benzene rings is 2. The van der Waals surface area contributed by atoms with Gasteiger partial charge < -0.3 is 8.97 Å². The van der Waals surface area contributed by atoms with E-state index in [9.17, 15) is 9.35 Å². The molecule has 0 N–H and O–H groups in total. The second-order valence-corrected chi connectivity index (χ2v) is 8.57. The minimum absolute atomic E-state index is 0.185. The maximum absolute atomic E-state index is 12.9. The first-order chi connectivity index (χ1) is 11.9. The lowest BCUT2D eigenvalue weighted by Crippen LogP contribution is -2.26. The van der Waals surface area contributed by atoms with Crippen molar-refractivity contribution in [2.45, 2.75) is 25.5 Å². The zero-order chi connectivity index (χ0) is 18.0. The van der Waals surface area contributed by atoms with E-state index in [-0.39, 0.29) is 5.43 Å². The van der Waals surface area contributed by atoms with Crippen molar-refractivity contribution in [2.24, 2.45) is 4.40 Å². The molecule has 3 rings (SSSR count). The molecule has 0 fully saturated rings. The van der Waals surface area contributed by atoms with Gasteiger partial charge in [-0.2, -0.15) is 0 Å². The molecular weight excluding hydrogens is 334 g/mol. The molecule has 1 atom stereocenters. The molecule has 0 spiro atoms. The highest BCUT2D eigenvalue weighted by Gasteiger charge is 2.26. The van der Waals surface area contributed by atoms with E-state index in [0.717, 1.165) is 5.56 Å². The lowest BCUT2D eigenvalue weighted by atomic mass is 10.1. The molecule has 0 aliphatic carbocycles. The van der Waals surface area contributed by atoms with E-state index in [1.165, 1.54) is 6.21 Å². The minimum atomic E-state index is -1.46. The van der Waals surface area contributed by atoms with Crippen LogP contribution in [0.15, 0.2) is 68.2 Å². The summed E-state index contributed by atoms with van der Waals surface area (Å²) in [5, 5.41) is 0.477. The van der Waals surface area contributed by atoms with Gasteiger partial charge in [0.2, 0.25) is 5.43 Å². The predicted molar refractivity (Wildman–Crippen MR) is 103 cm³/mol. The van der Waals surface area contributed by atoms with Crippen molar-refractivity contribution in [2.75, 3.05) is 0 Å². The molecule has 0 saturated heterocycles. The SMILES string of the molecule is CC(C)(C)[S+]([O-])N=Cc1c(-c2ccccc2)oc2ccccc2c1=O. The largest absolute Gasteiger partial charge is 0.591 e. The van der Waals surface area contributed by atoms with Crippen molar-refractivity contribution >= 4 is 28.5 Å². The van der Waals surface area contributed by atoms with Gasteiger partial charge in [-0.3, -0.25) is 4.79 Å². The first kappa shape index (κ1) is 17.5. The fourth-order valence-corrected chi connectivity index (χ4v) is 2.85. The van der Waals surface area contributed by atoms with Crippen LogP contribution in [0.25, 0.3) is 22.3 Å². The van der Waals surface area contributed by atoms with Crippen molar-refractivity contribution in [3.63, 3.8) is 0 Å². The lowest BCUT2D eigenvalue weighted by molar-refractivity contribution is 0.561. The molecule has 5 heteroatoms. The molecule has 4 nitrogen and oxygen atoms in total.